The van der Waals surface area contributed by atoms with E-state index in [-0.39, 0.29) is 24.3 Å². The van der Waals surface area contributed by atoms with Gasteiger partial charge in [0.1, 0.15) is 5.75 Å². The van der Waals surface area contributed by atoms with Crippen LogP contribution in [-0.4, -0.2) is 42.1 Å². The number of halogens is 1. The predicted octanol–water partition coefficient (Wildman–Crippen LogP) is 5.77. The van der Waals surface area contributed by atoms with E-state index in [1.54, 1.807) is 18.1 Å². The number of carboxylic acids is 1. The van der Waals surface area contributed by atoms with Gasteiger partial charge in [0.25, 0.3) is 0 Å². The van der Waals surface area contributed by atoms with E-state index < -0.39 is 16.8 Å². The predicted molar refractivity (Wildman–Crippen MR) is 143 cm³/mol. The molecule has 4 atom stereocenters. The summed E-state index contributed by atoms with van der Waals surface area (Å²) in [6.45, 7) is 0.575. The number of aliphatic carboxylic acids is 1. The fourth-order valence-electron chi connectivity index (χ4n) is 7.44. The van der Waals surface area contributed by atoms with Gasteiger partial charge >= 0.3 is 5.97 Å². The van der Waals surface area contributed by atoms with Gasteiger partial charge in [-0.05, 0) is 53.8 Å². The van der Waals surface area contributed by atoms with Crippen molar-refractivity contribution in [1.82, 2.24) is 4.90 Å². The van der Waals surface area contributed by atoms with Crippen molar-refractivity contribution >= 4 is 29.6 Å². The molecule has 1 amide bonds. The van der Waals surface area contributed by atoms with Gasteiger partial charge in [0.15, 0.2) is 0 Å². The van der Waals surface area contributed by atoms with Gasteiger partial charge < -0.3 is 14.7 Å². The average Bonchev–Trinajstić information content (AvgIpc) is 3.37. The molecule has 2 bridgehead atoms. The number of hydrogen-bond donors (Lipinski definition) is 1. The first kappa shape index (κ1) is 23.8. The number of rotatable bonds is 5. The standard InChI is InChI=1S/C31H28ClNO4/c1-37-26-9-5-2-6-20(26)10-15-28(34)33-18-27-30(21-11-13-22(32)14-12-21)17-16-25(31(27,19-33)29(35)36)23-7-3-4-8-24(23)30/h2-15,25,27H,16-19H2,1H3,(H,35,36)/b15-10+/t25-,27-,30-,31-/m0/s1. The van der Waals surface area contributed by atoms with Crippen molar-refractivity contribution in [3.05, 3.63) is 106 Å². The lowest BCUT2D eigenvalue weighted by Crippen LogP contribution is -2.60. The van der Waals surface area contributed by atoms with Crippen LogP contribution in [0, 0.1) is 11.3 Å². The highest BCUT2D eigenvalue weighted by molar-refractivity contribution is 6.30. The van der Waals surface area contributed by atoms with E-state index in [2.05, 4.69) is 12.1 Å². The lowest BCUT2D eigenvalue weighted by atomic mass is 9.42. The number of nitrogens with zero attached hydrogens (tertiary/aromatic N) is 1. The number of hydrogen-bond acceptors (Lipinski definition) is 3. The Morgan fingerprint density at radius 1 is 1.05 bits per heavy atom. The molecule has 0 unspecified atom stereocenters. The van der Waals surface area contributed by atoms with E-state index in [9.17, 15) is 14.7 Å². The van der Waals surface area contributed by atoms with Crippen molar-refractivity contribution in [2.45, 2.75) is 24.2 Å². The van der Waals surface area contributed by atoms with Gasteiger partial charge in [-0.2, -0.15) is 0 Å². The maximum atomic E-state index is 13.5. The number of ether oxygens (including phenoxy) is 1. The quantitative estimate of drug-likeness (QED) is 0.440. The highest BCUT2D eigenvalue weighted by Crippen LogP contribution is 2.68. The number of fused-ring (bicyclic) bond motifs is 1. The Morgan fingerprint density at radius 3 is 2.54 bits per heavy atom. The summed E-state index contributed by atoms with van der Waals surface area (Å²) in [6.07, 6.45) is 4.89. The van der Waals surface area contributed by atoms with Gasteiger partial charge in [-0.15, -0.1) is 0 Å². The Kier molecular flexibility index (Phi) is 5.64. The lowest BCUT2D eigenvalue weighted by molar-refractivity contribution is -0.157. The minimum absolute atomic E-state index is 0.142. The normalized spacial score (nSPS) is 27.7. The van der Waals surface area contributed by atoms with Gasteiger partial charge in [0, 0.05) is 47.0 Å². The fourth-order valence-corrected chi connectivity index (χ4v) is 7.57. The van der Waals surface area contributed by atoms with E-state index >= 15 is 0 Å². The van der Waals surface area contributed by atoms with Crippen LogP contribution in [0.1, 0.15) is 41.0 Å². The number of para-hydroxylation sites is 1. The molecule has 0 spiro atoms. The van der Waals surface area contributed by atoms with Crippen molar-refractivity contribution in [2.24, 2.45) is 11.3 Å². The second-order valence-corrected chi connectivity index (χ2v) is 10.8. The van der Waals surface area contributed by atoms with Crippen molar-refractivity contribution < 1.29 is 19.4 Å². The Labute approximate surface area is 221 Å². The molecule has 1 saturated heterocycles. The number of benzene rings is 3. The van der Waals surface area contributed by atoms with Crippen molar-refractivity contribution in [3.63, 3.8) is 0 Å². The van der Waals surface area contributed by atoms with E-state index in [4.69, 9.17) is 16.3 Å². The molecule has 6 heteroatoms. The fraction of sp³-hybridized carbons (Fsp3) is 0.290. The molecule has 4 aliphatic rings. The van der Waals surface area contributed by atoms with Gasteiger partial charge in [-0.3, -0.25) is 9.59 Å². The second-order valence-electron chi connectivity index (χ2n) is 10.3. The van der Waals surface area contributed by atoms with Crippen molar-refractivity contribution in [1.29, 1.82) is 0 Å². The zero-order chi connectivity index (χ0) is 25.8. The molecule has 7 rings (SSSR count). The summed E-state index contributed by atoms with van der Waals surface area (Å²) in [6, 6.07) is 23.6. The summed E-state index contributed by atoms with van der Waals surface area (Å²) in [5.41, 5.74) is 2.59. The first-order valence-electron chi connectivity index (χ1n) is 12.6. The highest BCUT2D eigenvalue weighted by Gasteiger charge is 2.70. The van der Waals surface area contributed by atoms with Crippen LogP contribution in [0.5, 0.6) is 5.75 Å². The first-order chi connectivity index (χ1) is 17.9. The van der Waals surface area contributed by atoms with Crippen LogP contribution < -0.4 is 4.74 Å². The third-order valence-corrected chi connectivity index (χ3v) is 9.20. The average molecular weight is 514 g/mol. The van der Waals surface area contributed by atoms with Crippen LogP contribution in [0.3, 0.4) is 0 Å². The van der Waals surface area contributed by atoms with Crippen molar-refractivity contribution in [3.8, 4) is 5.75 Å². The zero-order valence-electron chi connectivity index (χ0n) is 20.6. The number of likely N-dealkylation sites (tertiary alicyclic amines) is 1. The summed E-state index contributed by atoms with van der Waals surface area (Å²) < 4.78 is 5.41. The Morgan fingerprint density at radius 2 is 1.78 bits per heavy atom. The lowest BCUT2D eigenvalue weighted by Gasteiger charge is -2.59. The van der Waals surface area contributed by atoms with Crippen molar-refractivity contribution in [2.75, 3.05) is 20.2 Å². The molecule has 188 valence electrons. The molecular weight excluding hydrogens is 486 g/mol. The van der Waals surface area contributed by atoms with Gasteiger partial charge in [-0.25, -0.2) is 0 Å². The summed E-state index contributed by atoms with van der Waals surface area (Å²) in [5.74, 6) is -0.721. The van der Waals surface area contributed by atoms with E-state index in [1.807, 2.05) is 60.7 Å². The molecule has 0 radical (unpaired) electrons. The molecule has 5 nitrogen and oxygen atoms in total. The van der Waals surface area contributed by atoms with E-state index in [1.165, 1.54) is 11.6 Å². The third-order valence-electron chi connectivity index (χ3n) is 8.95. The van der Waals surface area contributed by atoms with E-state index in [0.717, 1.165) is 29.5 Å². The number of carboxylic acid groups (broad SMARTS) is 1. The molecule has 3 aliphatic carbocycles. The Bertz CT molecular complexity index is 1420. The summed E-state index contributed by atoms with van der Waals surface area (Å²) >= 11 is 6.25. The molecule has 3 aromatic carbocycles. The van der Waals surface area contributed by atoms with Crippen LogP contribution in [0.2, 0.25) is 5.02 Å². The third kappa shape index (κ3) is 3.37. The Balaban J connectivity index is 1.45. The van der Waals surface area contributed by atoms with Crippen LogP contribution in [0.25, 0.3) is 6.08 Å². The van der Waals surface area contributed by atoms with Gasteiger partial charge in [0.05, 0.1) is 12.5 Å². The van der Waals surface area contributed by atoms with Crippen LogP contribution in [-0.2, 0) is 15.0 Å². The smallest absolute Gasteiger partial charge is 0.312 e. The summed E-state index contributed by atoms with van der Waals surface area (Å²) in [7, 11) is 1.60. The molecule has 1 N–H and O–H groups in total. The molecule has 2 fully saturated rings. The minimum atomic E-state index is -1.06. The van der Waals surface area contributed by atoms with Gasteiger partial charge in [0.2, 0.25) is 5.91 Å². The number of methoxy groups -OCH3 is 1. The number of carbonyl (C=O) groups excluding carboxylic acids is 1. The zero-order valence-corrected chi connectivity index (χ0v) is 21.3. The largest absolute Gasteiger partial charge is 0.496 e. The molecule has 0 aromatic heterocycles. The molecule has 37 heavy (non-hydrogen) atoms. The van der Waals surface area contributed by atoms with Crippen LogP contribution in [0.4, 0.5) is 0 Å². The molecule has 1 heterocycles. The van der Waals surface area contributed by atoms with Crippen LogP contribution >= 0.6 is 11.6 Å². The molecule has 1 saturated carbocycles. The summed E-state index contributed by atoms with van der Waals surface area (Å²) in [5, 5.41) is 11.5. The number of amides is 1. The van der Waals surface area contributed by atoms with Crippen LogP contribution in [0.15, 0.2) is 78.9 Å². The van der Waals surface area contributed by atoms with E-state index in [0.29, 0.717) is 17.3 Å². The number of carbonyl (C=O) groups is 2. The SMILES string of the molecule is COc1ccccc1/C=C/C(=O)N1C[C@H]2[C@]3(c4ccc(Cl)cc4)CC[C@@H](c4ccccc43)[C@@]2(C(=O)O)C1. The second kappa shape index (κ2) is 8.77. The monoisotopic (exact) mass is 513 g/mol. The first-order valence-corrected chi connectivity index (χ1v) is 13.0. The van der Waals surface area contributed by atoms with Gasteiger partial charge in [-0.1, -0.05) is 66.2 Å². The Hall–Kier alpha value is -3.57. The minimum Gasteiger partial charge on any atom is -0.496 e. The highest BCUT2D eigenvalue weighted by atomic mass is 35.5. The molecule has 3 aromatic rings. The maximum Gasteiger partial charge on any atom is 0.312 e. The molecular formula is C31H28ClNO4. The molecule has 1 aliphatic heterocycles. The maximum absolute atomic E-state index is 13.5. The topological polar surface area (TPSA) is 66.8 Å². The summed E-state index contributed by atoms with van der Waals surface area (Å²) in [4.78, 5) is 28.5.